The summed E-state index contributed by atoms with van der Waals surface area (Å²) >= 11 is 3.42. The molecule has 0 atom stereocenters. The predicted molar refractivity (Wildman–Crippen MR) is 113 cm³/mol. The third-order valence-corrected chi connectivity index (χ3v) is 5.05. The Balaban J connectivity index is 2.65. The second-order valence-corrected chi connectivity index (χ2v) is 7.23. The molecule has 1 aromatic carbocycles. The van der Waals surface area contributed by atoms with Crippen molar-refractivity contribution in [2.24, 2.45) is 5.92 Å². The van der Waals surface area contributed by atoms with Crippen molar-refractivity contribution in [1.29, 1.82) is 0 Å². The molecule has 29 heavy (non-hydrogen) atoms. The van der Waals surface area contributed by atoms with Gasteiger partial charge in [-0.15, -0.1) is 0 Å². The molecule has 1 aromatic rings. The Hall–Kier alpha value is -2.35. The molecule has 0 aromatic heterocycles. The molecule has 0 N–H and O–H groups in total. The minimum atomic E-state index is -0.635. The molecule has 0 heterocycles. The topological polar surface area (TPSA) is 82.1 Å². The summed E-state index contributed by atoms with van der Waals surface area (Å²) in [6.45, 7) is 6.23. The van der Waals surface area contributed by atoms with Gasteiger partial charge in [0.2, 0.25) is 5.78 Å². The molecule has 0 radical (unpaired) electrons. The van der Waals surface area contributed by atoms with E-state index in [1.54, 1.807) is 32.9 Å². The van der Waals surface area contributed by atoms with Crippen molar-refractivity contribution >= 4 is 39.3 Å². The average molecular weight is 468 g/mol. The number of halogens is 1. The average Bonchev–Trinajstić information content (AvgIpc) is 3.56. The van der Waals surface area contributed by atoms with Gasteiger partial charge >= 0.3 is 6.09 Å². The number of ether oxygens (including phenoxy) is 3. The largest absolute Gasteiger partial charge is 0.501 e. The Labute approximate surface area is 179 Å². The second-order valence-electron chi connectivity index (χ2n) is 6.37. The summed E-state index contributed by atoms with van der Waals surface area (Å²) in [4.78, 5) is 39.9. The van der Waals surface area contributed by atoms with Crippen molar-refractivity contribution in [3.63, 3.8) is 0 Å². The van der Waals surface area contributed by atoms with E-state index in [0.717, 1.165) is 12.8 Å². The smallest absolute Gasteiger partial charge is 0.414 e. The van der Waals surface area contributed by atoms with Crippen molar-refractivity contribution in [2.75, 3.05) is 31.8 Å². The summed E-state index contributed by atoms with van der Waals surface area (Å²) in [7, 11) is 1.27. The maximum atomic E-state index is 13.4. The van der Waals surface area contributed by atoms with Crippen LogP contribution in [0.3, 0.4) is 0 Å². The van der Waals surface area contributed by atoms with Gasteiger partial charge in [-0.1, -0.05) is 0 Å². The predicted octanol–water partition coefficient (Wildman–Crippen LogP) is 4.52. The molecule has 0 aliphatic heterocycles. The van der Waals surface area contributed by atoms with Crippen LogP contribution < -0.4 is 9.64 Å². The van der Waals surface area contributed by atoms with Crippen LogP contribution >= 0.6 is 15.9 Å². The van der Waals surface area contributed by atoms with E-state index in [-0.39, 0.29) is 35.1 Å². The van der Waals surface area contributed by atoms with Crippen molar-refractivity contribution in [1.82, 2.24) is 0 Å². The van der Waals surface area contributed by atoms with Crippen LogP contribution in [0.25, 0.3) is 0 Å². The Bertz CT molecular complexity index is 816. The normalized spacial score (nSPS) is 13.6. The van der Waals surface area contributed by atoms with Crippen LogP contribution in [0.5, 0.6) is 5.75 Å². The lowest BCUT2D eigenvalue weighted by atomic mass is 9.96. The summed E-state index contributed by atoms with van der Waals surface area (Å²) in [5.41, 5.74) is 0.400. The van der Waals surface area contributed by atoms with Gasteiger partial charge in [0.15, 0.2) is 11.5 Å². The van der Waals surface area contributed by atoms with E-state index in [9.17, 15) is 14.4 Å². The van der Waals surface area contributed by atoms with Crippen LogP contribution in [0.2, 0.25) is 0 Å². The van der Waals surface area contributed by atoms with Crippen molar-refractivity contribution in [2.45, 2.75) is 33.6 Å². The molecule has 1 fully saturated rings. The fourth-order valence-corrected chi connectivity index (χ4v) is 3.30. The maximum absolute atomic E-state index is 13.4. The summed E-state index contributed by atoms with van der Waals surface area (Å²) in [5.74, 6) is -0.573. The SMILES string of the molecule is CCO/C=C(\C(=O)c1ccc(Br)c(OCC)c1N(CC)C(=O)OC)C(=O)C1CC1. The minimum absolute atomic E-state index is 0.0266. The van der Waals surface area contributed by atoms with Crippen LogP contribution in [0, 0.1) is 5.92 Å². The first-order valence-corrected chi connectivity index (χ1v) is 10.4. The Morgan fingerprint density at radius 1 is 1.17 bits per heavy atom. The monoisotopic (exact) mass is 467 g/mol. The number of benzene rings is 1. The second kappa shape index (κ2) is 10.4. The van der Waals surface area contributed by atoms with Gasteiger partial charge in [0.1, 0.15) is 11.3 Å². The van der Waals surface area contributed by atoms with Crippen LogP contribution in [0.4, 0.5) is 10.5 Å². The van der Waals surface area contributed by atoms with Gasteiger partial charge in [-0.2, -0.15) is 0 Å². The molecule has 7 nitrogen and oxygen atoms in total. The number of methoxy groups -OCH3 is 1. The number of rotatable bonds is 10. The zero-order chi connectivity index (χ0) is 21.6. The van der Waals surface area contributed by atoms with Gasteiger partial charge < -0.3 is 14.2 Å². The maximum Gasteiger partial charge on any atom is 0.414 e. The van der Waals surface area contributed by atoms with E-state index >= 15 is 0 Å². The number of hydrogen-bond donors (Lipinski definition) is 0. The summed E-state index contributed by atoms with van der Waals surface area (Å²) < 4.78 is 16.5. The van der Waals surface area contributed by atoms with Crippen LogP contribution in [0.15, 0.2) is 28.4 Å². The Morgan fingerprint density at radius 2 is 1.86 bits per heavy atom. The van der Waals surface area contributed by atoms with Gasteiger partial charge in [-0.05, 0) is 61.7 Å². The number of hydrogen-bond acceptors (Lipinski definition) is 6. The van der Waals surface area contributed by atoms with Crippen molar-refractivity contribution in [3.8, 4) is 5.75 Å². The highest BCUT2D eigenvalue weighted by atomic mass is 79.9. The number of Topliss-reactive ketones (excluding diaryl/α,β-unsaturated/α-hetero) is 2. The summed E-state index contributed by atoms with van der Waals surface area (Å²) in [6.07, 6.45) is 2.11. The lowest BCUT2D eigenvalue weighted by Gasteiger charge is -2.25. The molecule has 0 saturated heterocycles. The molecule has 1 aliphatic rings. The number of anilines is 1. The standard InChI is InChI=1S/C21H26BrNO6/c1-5-23(21(26)27-4)17-14(10-11-16(22)20(17)29-7-3)19(25)15(12-28-6-2)18(24)13-8-9-13/h10-13H,5-9H2,1-4H3/b15-12-. The zero-order valence-electron chi connectivity index (χ0n) is 17.1. The highest BCUT2D eigenvalue weighted by molar-refractivity contribution is 9.10. The van der Waals surface area contributed by atoms with Crippen molar-refractivity contribution in [3.05, 3.63) is 34.0 Å². The summed E-state index contributed by atoms with van der Waals surface area (Å²) in [5, 5.41) is 0. The summed E-state index contributed by atoms with van der Waals surface area (Å²) in [6, 6.07) is 3.22. The fourth-order valence-electron chi connectivity index (χ4n) is 2.87. The molecule has 0 bridgehead atoms. The van der Waals surface area contributed by atoms with E-state index in [1.165, 1.54) is 18.3 Å². The van der Waals surface area contributed by atoms with Crippen molar-refractivity contribution < 1.29 is 28.6 Å². The first kappa shape index (κ1) is 22.9. The molecule has 1 aliphatic carbocycles. The first-order valence-electron chi connectivity index (χ1n) is 9.62. The van der Waals surface area contributed by atoms with Gasteiger partial charge in [-0.3, -0.25) is 14.5 Å². The molecule has 0 spiro atoms. The molecule has 2 rings (SSSR count). The lowest BCUT2D eigenvalue weighted by Crippen LogP contribution is -2.33. The number of amides is 1. The third kappa shape index (κ3) is 5.18. The molecular formula is C21H26BrNO6. The lowest BCUT2D eigenvalue weighted by molar-refractivity contribution is -0.116. The van der Waals surface area contributed by atoms with Crippen LogP contribution in [-0.4, -0.2) is 44.5 Å². The zero-order valence-corrected chi connectivity index (χ0v) is 18.7. The number of ketones is 2. The number of nitrogens with zero attached hydrogens (tertiary/aromatic N) is 1. The third-order valence-electron chi connectivity index (χ3n) is 4.42. The van der Waals surface area contributed by atoms with Crippen LogP contribution in [0.1, 0.15) is 44.0 Å². The van der Waals surface area contributed by atoms with E-state index in [2.05, 4.69) is 15.9 Å². The van der Waals surface area contributed by atoms with E-state index in [4.69, 9.17) is 14.2 Å². The fraction of sp³-hybridized carbons (Fsp3) is 0.476. The first-order chi connectivity index (χ1) is 13.9. The highest BCUT2D eigenvalue weighted by Gasteiger charge is 2.37. The highest BCUT2D eigenvalue weighted by Crippen LogP contribution is 2.41. The minimum Gasteiger partial charge on any atom is -0.501 e. The van der Waals surface area contributed by atoms with Crippen LogP contribution in [-0.2, 0) is 14.3 Å². The van der Waals surface area contributed by atoms with E-state index in [0.29, 0.717) is 23.4 Å². The molecule has 8 heteroatoms. The van der Waals surface area contributed by atoms with Gasteiger partial charge in [0.05, 0.1) is 36.6 Å². The van der Waals surface area contributed by atoms with Gasteiger partial charge in [-0.25, -0.2) is 4.79 Å². The Kier molecular flexibility index (Phi) is 8.25. The number of carbonyl (C=O) groups excluding carboxylic acids is 3. The molecule has 158 valence electrons. The van der Waals surface area contributed by atoms with Gasteiger partial charge in [0.25, 0.3) is 0 Å². The molecular weight excluding hydrogens is 442 g/mol. The molecule has 1 amide bonds. The van der Waals surface area contributed by atoms with E-state index < -0.39 is 11.9 Å². The quantitative estimate of drug-likeness (QED) is 0.165. The number of carbonyl (C=O) groups is 3. The number of allylic oxidation sites excluding steroid dienone is 1. The van der Waals surface area contributed by atoms with E-state index in [1.807, 2.05) is 0 Å². The molecule has 1 saturated carbocycles. The molecule has 0 unspecified atom stereocenters. The Morgan fingerprint density at radius 3 is 2.38 bits per heavy atom. The van der Waals surface area contributed by atoms with Gasteiger partial charge in [0, 0.05) is 12.5 Å².